The number of piperazine rings is 1. The first-order chi connectivity index (χ1) is 10.9. The molecule has 1 N–H and O–H groups in total. The van der Waals surface area contributed by atoms with Crippen LogP contribution in [0.1, 0.15) is 20.3 Å². The smallest absolute Gasteiger partial charge is 0.409 e. The maximum absolute atomic E-state index is 11.7. The summed E-state index contributed by atoms with van der Waals surface area (Å²) in [7, 11) is -2.94. The molecule has 1 amide bonds. The number of nitrogens with one attached hydrogen (secondary N) is 1. The van der Waals surface area contributed by atoms with E-state index in [-0.39, 0.29) is 35.8 Å². The number of hydrogen-bond donors (Lipinski definition) is 1. The van der Waals surface area contributed by atoms with Crippen molar-refractivity contribution in [2.75, 3.05) is 57.9 Å². The van der Waals surface area contributed by atoms with Crippen LogP contribution in [-0.4, -0.2) is 88.2 Å². The summed E-state index contributed by atoms with van der Waals surface area (Å²) in [5, 5.41) is 3.21. The molecule has 24 heavy (non-hydrogen) atoms. The lowest BCUT2D eigenvalue weighted by molar-refractivity contribution is 0.0914. The third kappa shape index (κ3) is 8.90. The summed E-state index contributed by atoms with van der Waals surface area (Å²) >= 11 is 0. The van der Waals surface area contributed by atoms with Crippen molar-refractivity contribution < 1.29 is 17.9 Å². The molecule has 1 saturated heterocycles. The molecule has 10 heteroatoms. The third-order valence-corrected chi connectivity index (χ3v) is 4.41. The molecule has 0 aromatic carbocycles. The van der Waals surface area contributed by atoms with Crippen molar-refractivity contribution in [3.8, 4) is 0 Å². The van der Waals surface area contributed by atoms with E-state index in [0.717, 1.165) is 12.5 Å². The van der Waals surface area contributed by atoms with Gasteiger partial charge in [0, 0.05) is 45.5 Å². The van der Waals surface area contributed by atoms with Gasteiger partial charge in [0.05, 0.1) is 12.4 Å². The zero-order chi connectivity index (χ0) is 17.3. The first-order valence-corrected chi connectivity index (χ1v) is 10.1. The average molecular weight is 476 g/mol. The second-order valence-electron chi connectivity index (χ2n) is 5.39. The summed E-state index contributed by atoms with van der Waals surface area (Å²) < 4.78 is 27.3. The van der Waals surface area contributed by atoms with Crippen LogP contribution in [0.4, 0.5) is 4.79 Å². The number of rotatable bonds is 6. The summed E-state index contributed by atoms with van der Waals surface area (Å²) in [5.41, 5.74) is 0. The maximum Gasteiger partial charge on any atom is 0.409 e. The second kappa shape index (κ2) is 11.7. The van der Waals surface area contributed by atoms with Crippen molar-refractivity contribution in [1.82, 2.24) is 15.1 Å². The van der Waals surface area contributed by atoms with Crippen LogP contribution >= 0.6 is 24.0 Å². The molecule has 0 spiro atoms. The quantitative estimate of drug-likeness (QED) is 0.264. The molecule has 0 saturated carbocycles. The van der Waals surface area contributed by atoms with Gasteiger partial charge in [-0.1, -0.05) is 0 Å². The van der Waals surface area contributed by atoms with Crippen molar-refractivity contribution in [2.24, 2.45) is 4.99 Å². The van der Waals surface area contributed by atoms with E-state index >= 15 is 0 Å². The van der Waals surface area contributed by atoms with E-state index in [0.29, 0.717) is 45.8 Å². The van der Waals surface area contributed by atoms with Crippen molar-refractivity contribution in [3.63, 3.8) is 0 Å². The monoisotopic (exact) mass is 476 g/mol. The number of guanidine groups is 1. The molecule has 0 aromatic rings. The van der Waals surface area contributed by atoms with Gasteiger partial charge in [-0.05, 0) is 20.3 Å². The minimum Gasteiger partial charge on any atom is -0.450 e. The number of amides is 1. The highest BCUT2D eigenvalue weighted by atomic mass is 127. The fraction of sp³-hybridized carbons (Fsp3) is 0.857. The maximum atomic E-state index is 11.7. The molecule has 1 rings (SSSR count). The van der Waals surface area contributed by atoms with Gasteiger partial charge in [0.15, 0.2) is 5.96 Å². The minimum absolute atomic E-state index is 0. The number of nitrogens with zero attached hydrogens (tertiary/aromatic N) is 3. The molecule has 1 aliphatic heterocycles. The van der Waals surface area contributed by atoms with Crippen molar-refractivity contribution in [2.45, 2.75) is 20.3 Å². The molecule has 142 valence electrons. The van der Waals surface area contributed by atoms with E-state index in [9.17, 15) is 13.2 Å². The number of aliphatic imine (C=N–C) groups is 1. The van der Waals surface area contributed by atoms with E-state index in [1.807, 2.05) is 6.92 Å². The Morgan fingerprint density at radius 2 is 1.75 bits per heavy atom. The Kier molecular flexibility index (Phi) is 11.3. The van der Waals surface area contributed by atoms with Crippen LogP contribution in [0.5, 0.6) is 0 Å². The van der Waals surface area contributed by atoms with E-state index in [1.165, 1.54) is 6.26 Å². The molecule has 0 unspecified atom stereocenters. The van der Waals surface area contributed by atoms with Gasteiger partial charge in [-0.25, -0.2) is 13.2 Å². The molecule has 0 bridgehead atoms. The van der Waals surface area contributed by atoms with Crippen LogP contribution < -0.4 is 5.32 Å². The fourth-order valence-corrected chi connectivity index (χ4v) is 2.91. The predicted octanol–water partition coefficient (Wildman–Crippen LogP) is 0.779. The van der Waals surface area contributed by atoms with Gasteiger partial charge in [-0.2, -0.15) is 0 Å². The van der Waals surface area contributed by atoms with Gasteiger partial charge in [-0.15, -0.1) is 24.0 Å². The van der Waals surface area contributed by atoms with Crippen LogP contribution in [0.3, 0.4) is 0 Å². The van der Waals surface area contributed by atoms with Gasteiger partial charge in [-0.3, -0.25) is 4.99 Å². The molecular weight excluding hydrogens is 447 g/mol. The van der Waals surface area contributed by atoms with Gasteiger partial charge in [0.25, 0.3) is 0 Å². The summed E-state index contributed by atoms with van der Waals surface area (Å²) in [4.78, 5) is 19.9. The largest absolute Gasteiger partial charge is 0.450 e. The Hall–Kier alpha value is -0.780. The van der Waals surface area contributed by atoms with E-state index in [4.69, 9.17) is 4.74 Å². The molecule has 0 aromatic heterocycles. The van der Waals surface area contributed by atoms with Crippen LogP contribution in [0.15, 0.2) is 4.99 Å². The van der Waals surface area contributed by atoms with Gasteiger partial charge < -0.3 is 19.9 Å². The predicted molar refractivity (Wildman–Crippen MR) is 106 cm³/mol. The highest BCUT2D eigenvalue weighted by Crippen LogP contribution is 2.05. The molecular formula is C14H29IN4O4S. The summed E-state index contributed by atoms with van der Waals surface area (Å²) in [6.45, 7) is 7.90. The Morgan fingerprint density at radius 1 is 1.17 bits per heavy atom. The SMILES string of the molecule is CCNC(=NCCCS(C)(=O)=O)N1CCN(C(=O)OCC)CC1.I. The summed E-state index contributed by atoms with van der Waals surface area (Å²) in [5.74, 6) is 0.913. The van der Waals surface area contributed by atoms with E-state index < -0.39 is 9.84 Å². The first-order valence-electron chi connectivity index (χ1n) is 8.00. The topological polar surface area (TPSA) is 91.3 Å². The zero-order valence-corrected chi connectivity index (χ0v) is 17.8. The number of halogens is 1. The van der Waals surface area contributed by atoms with E-state index in [2.05, 4.69) is 15.2 Å². The van der Waals surface area contributed by atoms with Crippen molar-refractivity contribution >= 4 is 45.9 Å². The van der Waals surface area contributed by atoms with Crippen LogP contribution in [0.2, 0.25) is 0 Å². The molecule has 1 aliphatic rings. The van der Waals surface area contributed by atoms with Crippen molar-refractivity contribution in [3.05, 3.63) is 0 Å². The number of sulfone groups is 1. The van der Waals surface area contributed by atoms with Gasteiger partial charge >= 0.3 is 6.09 Å². The van der Waals surface area contributed by atoms with Crippen LogP contribution in [0, 0.1) is 0 Å². The van der Waals surface area contributed by atoms with Crippen LogP contribution in [0.25, 0.3) is 0 Å². The Balaban J connectivity index is 0.00000529. The summed E-state index contributed by atoms with van der Waals surface area (Å²) in [6.07, 6.45) is 1.47. The van der Waals surface area contributed by atoms with Crippen LogP contribution in [-0.2, 0) is 14.6 Å². The Morgan fingerprint density at radius 3 is 2.25 bits per heavy atom. The average Bonchev–Trinajstić information content (AvgIpc) is 2.50. The molecule has 0 aliphatic carbocycles. The van der Waals surface area contributed by atoms with E-state index in [1.54, 1.807) is 11.8 Å². The van der Waals surface area contributed by atoms with Crippen molar-refractivity contribution in [1.29, 1.82) is 0 Å². The molecule has 0 radical (unpaired) electrons. The number of ether oxygens (including phenoxy) is 1. The molecule has 1 heterocycles. The van der Waals surface area contributed by atoms with Gasteiger partial charge in [0.2, 0.25) is 0 Å². The normalized spacial score (nSPS) is 15.7. The Bertz CT molecular complexity index is 505. The molecule has 0 atom stereocenters. The molecule has 8 nitrogen and oxygen atoms in total. The third-order valence-electron chi connectivity index (χ3n) is 3.37. The number of hydrogen-bond acceptors (Lipinski definition) is 5. The lowest BCUT2D eigenvalue weighted by Gasteiger charge is -2.35. The molecule has 1 fully saturated rings. The fourth-order valence-electron chi connectivity index (χ4n) is 2.25. The lowest BCUT2D eigenvalue weighted by atomic mass is 10.3. The minimum atomic E-state index is -2.94. The lowest BCUT2D eigenvalue weighted by Crippen LogP contribution is -2.53. The Labute approximate surface area is 161 Å². The highest BCUT2D eigenvalue weighted by molar-refractivity contribution is 14.0. The zero-order valence-electron chi connectivity index (χ0n) is 14.7. The first kappa shape index (κ1) is 23.2. The van der Waals surface area contributed by atoms with Gasteiger partial charge in [0.1, 0.15) is 9.84 Å². The second-order valence-corrected chi connectivity index (χ2v) is 7.65. The summed E-state index contributed by atoms with van der Waals surface area (Å²) in [6, 6.07) is 0. The number of carbonyl (C=O) groups excluding carboxylic acids is 1. The highest BCUT2D eigenvalue weighted by Gasteiger charge is 2.23. The number of carbonyl (C=O) groups is 1. The standard InChI is InChI=1S/C14H28N4O4S.HI/c1-4-15-13(16-7-6-12-23(3,20)21)17-8-10-18(11-9-17)14(19)22-5-2;/h4-12H2,1-3H3,(H,15,16);1H.